The Kier molecular flexibility index (Phi) is 5.00. The number of aromatic nitrogens is 2. The van der Waals surface area contributed by atoms with Gasteiger partial charge in [-0.3, -0.25) is 9.48 Å². The predicted octanol–water partition coefficient (Wildman–Crippen LogP) is 3.80. The molecule has 5 heteroatoms. The molecule has 0 saturated heterocycles. The molecule has 0 aliphatic heterocycles. The molecule has 2 N–H and O–H groups in total. The molecule has 0 bridgehead atoms. The largest absolute Gasteiger partial charge is 0.330 e. The third-order valence-corrected chi connectivity index (χ3v) is 4.58. The van der Waals surface area contributed by atoms with Crippen molar-refractivity contribution in [2.45, 2.75) is 51.5 Å². The standard InChI is InChI=1S/C20H24N4O/c1-13(2)24-20(17(25)4-3-11-21)18(15-9-10-15)19(23-24)16-7-5-14(12-22)6-8-16/h5-8,13,15H,3-4,9-11,21H2,1-2H3. The molecule has 3 rings (SSSR count). The Morgan fingerprint density at radius 1 is 1.36 bits per heavy atom. The van der Waals surface area contributed by atoms with Crippen LogP contribution >= 0.6 is 0 Å². The lowest BCUT2D eigenvalue weighted by atomic mass is 9.98. The highest BCUT2D eigenvalue weighted by atomic mass is 16.1. The minimum absolute atomic E-state index is 0.112. The number of benzene rings is 1. The monoisotopic (exact) mass is 336 g/mol. The predicted molar refractivity (Wildman–Crippen MR) is 97.4 cm³/mol. The molecule has 0 radical (unpaired) electrons. The highest BCUT2D eigenvalue weighted by molar-refractivity contribution is 5.98. The van der Waals surface area contributed by atoms with E-state index in [-0.39, 0.29) is 11.8 Å². The van der Waals surface area contributed by atoms with E-state index < -0.39 is 0 Å². The number of carbonyl (C=O) groups excluding carboxylic acids is 1. The number of hydrogen-bond acceptors (Lipinski definition) is 4. The zero-order valence-corrected chi connectivity index (χ0v) is 14.8. The molecule has 5 nitrogen and oxygen atoms in total. The van der Waals surface area contributed by atoms with Crippen LogP contribution in [0.4, 0.5) is 0 Å². The lowest BCUT2D eigenvalue weighted by Crippen LogP contribution is -2.15. The first-order chi connectivity index (χ1) is 12.1. The average Bonchev–Trinajstić information content (AvgIpc) is 3.38. The van der Waals surface area contributed by atoms with Crippen LogP contribution in [0.5, 0.6) is 0 Å². The number of ketones is 1. The molecule has 130 valence electrons. The van der Waals surface area contributed by atoms with Crippen molar-refractivity contribution >= 4 is 5.78 Å². The maximum absolute atomic E-state index is 12.9. The normalized spacial score (nSPS) is 13.9. The Labute approximate surface area is 148 Å². The molecule has 1 aliphatic rings. The molecule has 1 fully saturated rings. The summed E-state index contributed by atoms with van der Waals surface area (Å²) in [5, 5.41) is 13.8. The summed E-state index contributed by atoms with van der Waals surface area (Å²) in [4.78, 5) is 12.9. The van der Waals surface area contributed by atoms with Crippen LogP contribution in [-0.4, -0.2) is 22.1 Å². The van der Waals surface area contributed by atoms with Gasteiger partial charge in [-0.15, -0.1) is 0 Å². The maximum Gasteiger partial charge on any atom is 0.181 e. The Bertz CT molecular complexity index is 807. The summed E-state index contributed by atoms with van der Waals surface area (Å²) >= 11 is 0. The average molecular weight is 336 g/mol. The highest BCUT2D eigenvalue weighted by Crippen LogP contribution is 2.46. The van der Waals surface area contributed by atoms with Gasteiger partial charge in [0.15, 0.2) is 5.78 Å². The fourth-order valence-electron chi connectivity index (χ4n) is 3.15. The van der Waals surface area contributed by atoms with E-state index in [1.807, 2.05) is 30.7 Å². The van der Waals surface area contributed by atoms with Gasteiger partial charge in [-0.1, -0.05) is 12.1 Å². The van der Waals surface area contributed by atoms with Crippen LogP contribution in [-0.2, 0) is 0 Å². The minimum Gasteiger partial charge on any atom is -0.330 e. The van der Waals surface area contributed by atoms with Crippen molar-refractivity contribution < 1.29 is 4.79 Å². The Hall–Kier alpha value is -2.45. The van der Waals surface area contributed by atoms with E-state index in [0.717, 1.165) is 35.4 Å². The van der Waals surface area contributed by atoms with Crippen molar-refractivity contribution in [3.05, 3.63) is 41.1 Å². The van der Waals surface area contributed by atoms with Crippen LogP contribution in [0.2, 0.25) is 0 Å². The quantitative estimate of drug-likeness (QED) is 0.779. The van der Waals surface area contributed by atoms with Gasteiger partial charge in [0.2, 0.25) is 0 Å². The molecule has 1 aromatic carbocycles. The lowest BCUT2D eigenvalue weighted by molar-refractivity contribution is 0.0967. The summed E-state index contributed by atoms with van der Waals surface area (Å²) in [6.45, 7) is 4.61. The van der Waals surface area contributed by atoms with Gasteiger partial charge in [0, 0.05) is 23.6 Å². The number of nitrogens with two attached hydrogens (primary N) is 1. The van der Waals surface area contributed by atoms with Crippen molar-refractivity contribution in [1.29, 1.82) is 5.26 Å². The number of Topliss-reactive ketones (excluding diaryl/α,β-unsaturated/α-hetero) is 1. The first-order valence-corrected chi connectivity index (χ1v) is 8.93. The van der Waals surface area contributed by atoms with Gasteiger partial charge in [-0.05, 0) is 57.7 Å². The Morgan fingerprint density at radius 3 is 2.56 bits per heavy atom. The van der Waals surface area contributed by atoms with Gasteiger partial charge in [0.05, 0.1) is 17.3 Å². The molecule has 0 spiro atoms. The van der Waals surface area contributed by atoms with E-state index in [1.165, 1.54) is 0 Å². The van der Waals surface area contributed by atoms with Crippen LogP contribution in [0, 0.1) is 11.3 Å². The molecule has 25 heavy (non-hydrogen) atoms. The summed E-state index contributed by atoms with van der Waals surface area (Å²) in [7, 11) is 0. The van der Waals surface area contributed by atoms with Gasteiger partial charge in [-0.2, -0.15) is 10.4 Å². The SMILES string of the molecule is CC(C)n1nc(-c2ccc(C#N)cc2)c(C2CC2)c1C(=O)CCCN. The number of hydrogen-bond donors (Lipinski definition) is 1. The number of rotatable bonds is 7. The smallest absolute Gasteiger partial charge is 0.181 e. The molecule has 1 aliphatic carbocycles. The molecular weight excluding hydrogens is 312 g/mol. The number of nitriles is 1. The molecule has 1 saturated carbocycles. The Morgan fingerprint density at radius 2 is 2.04 bits per heavy atom. The zero-order valence-electron chi connectivity index (χ0n) is 14.8. The highest BCUT2D eigenvalue weighted by Gasteiger charge is 2.35. The second-order valence-electron chi connectivity index (χ2n) is 6.93. The van der Waals surface area contributed by atoms with Crippen molar-refractivity contribution in [1.82, 2.24) is 9.78 Å². The van der Waals surface area contributed by atoms with Crippen LogP contribution in [0.25, 0.3) is 11.3 Å². The second-order valence-corrected chi connectivity index (χ2v) is 6.93. The van der Waals surface area contributed by atoms with Gasteiger partial charge < -0.3 is 5.73 Å². The van der Waals surface area contributed by atoms with Crippen LogP contribution in [0.3, 0.4) is 0 Å². The van der Waals surface area contributed by atoms with Crippen molar-refractivity contribution in [2.24, 2.45) is 5.73 Å². The molecular formula is C20H24N4O. The van der Waals surface area contributed by atoms with E-state index in [0.29, 0.717) is 30.9 Å². The first-order valence-electron chi connectivity index (χ1n) is 8.93. The first kappa shape index (κ1) is 17.4. The van der Waals surface area contributed by atoms with Crippen molar-refractivity contribution in [3.63, 3.8) is 0 Å². The molecule has 0 amide bonds. The molecule has 2 aromatic rings. The topological polar surface area (TPSA) is 84.7 Å². The summed E-state index contributed by atoms with van der Waals surface area (Å²) < 4.78 is 1.88. The van der Waals surface area contributed by atoms with E-state index in [1.54, 1.807) is 12.1 Å². The molecule has 0 unspecified atom stereocenters. The van der Waals surface area contributed by atoms with Crippen LogP contribution in [0.1, 0.15) is 73.1 Å². The molecule has 1 heterocycles. The van der Waals surface area contributed by atoms with Crippen LogP contribution < -0.4 is 5.73 Å². The second kappa shape index (κ2) is 7.20. The maximum atomic E-state index is 12.9. The van der Waals surface area contributed by atoms with E-state index in [4.69, 9.17) is 16.1 Å². The van der Waals surface area contributed by atoms with Gasteiger partial charge in [-0.25, -0.2) is 0 Å². The number of carbonyl (C=O) groups is 1. The van der Waals surface area contributed by atoms with Gasteiger partial charge in [0.1, 0.15) is 5.69 Å². The summed E-state index contributed by atoms with van der Waals surface area (Å²) in [6.07, 6.45) is 3.36. The van der Waals surface area contributed by atoms with Gasteiger partial charge in [0.25, 0.3) is 0 Å². The summed E-state index contributed by atoms with van der Waals surface area (Å²) in [5.74, 6) is 0.545. The fraction of sp³-hybridized carbons (Fsp3) is 0.450. The fourth-order valence-corrected chi connectivity index (χ4v) is 3.15. The van der Waals surface area contributed by atoms with Crippen molar-refractivity contribution in [2.75, 3.05) is 6.54 Å². The summed E-state index contributed by atoms with van der Waals surface area (Å²) in [6, 6.07) is 9.70. The summed E-state index contributed by atoms with van der Waals surface area (Å²) in [5.41, 5.74) is 9.90. The zero-order chi connectivity index (χ0) is 18.0. The lowest BCUT2D eigenvalue weighted by Gasteiger charge is -2.11. The molecule has 1 aromatic heterocycles. The van der Waals surface area contributed by atoms with Crippen molar-refractivity contribution in [3.8, 4) is 17.3 Å². The Balaban J connectivity index is 2.12. The van der Waals surface area contributed by atoms with Crippen LogP contribution in [0.15, 0.2) is 24.3 Å². The number of nitrogens with zero attached hydrogens (tertiary/aromatic N) is 3. The molecule has 0 atom stereocenters. The third kappa shape index (κ3) is 3.49. The van der Waals surface area contributed by atoms with Gasteiger partial charge >= 0.3 is 0 Å². The van der Waals surface area contributed by atoms with E-state index in [2.05, 4.69) is 6.07 Å². The minimum atomic E-state index is 0.112. The third-order valence-electron chi connectivity index (χ3n) is 4.58. The van der Waals surface area contributed by atoms with E-state index in [9.17, 15) is 4.79 Å². The van der Waals surface area contributed by atoms with E-state index >= 15 is 0 Å².